The standard InChI is InChI=1S/C16H21F3N2O2/c17-16(18,19)13-6-1-2-7-14(13)20-15(23)11-21-9-4-3-5-12(21)8-10-22/h1-2,6-7,12,22H,3-5,8-11H2,(H,20,23). The number of anilines is 1. The number of carbonyl (C=O) groups excluding carboxylic acids is 1. The van der Waals surface area contributed by atoms with Gasteiger partial charge in [0, 0.05) is 12.6 Å². The smallest absolute Gasteiger partial charge is 0.396 e. The number of aliphatic hydroxyl groups excluding tert-OH is 1. The normalized spacial score (nSPS) is 19.6. The Morgan fingerprint density at radius 3 is 2.74 bits per heavy atom. The van der Waals surface area contributed by atoms with Crippen LogP contribution in [-0.2, 0) is 11.0 Å². The molecule has 23 heavy (non-hydrogen) atoms. The number of piperidine rings is 1. The van der Waals surface area contributed by atoms with E-state index >= 15 is 0 Å². The zero-order valence-corrected chi connectivity index (χ0v) is 12.8. The van der Waals surface area contributed by atoms with Crippen molar-refractivity contribution in [3.8, 4) is 0 Å². The van der Waals surface area contributed by atoms with Crippen LogP contribution in [-0.4, -0.2) is 41.7 Å². The molecule has 0 saturated carbocycles. The predicted octanol–water partition coefficient (Wildman–Crippen LogP) is 2.88. The van der Waals surface area contributed by atoms with Gasteiger partial charge < -0.3 is 10.4 Å². The Hall–Kier alpha value is -1.60. The molecule has 2 rings (SSSR count). The summed E-state index contributed by atoms with van der Waals surface area (Å²) in [5, 5.41) is 11.4. The average Bonchev–Trinajstić information content (AvgIpc) is 2.49. The molecule has 0 bridgehead atoms. The maximum atomic E-state index is 12.9. The molecule has 0 aromatic heterocycles. The van der Waals surface area contributed by atoms with Crippen LogP contribution >= 0.6 is 0 Å². The third kappa shape index (κ3) is 4.94. The minimum atomic E-state index is -4.51. The number of amides is 1. The van der Waals surface area contributed by atoms with E-state index in [4.69, 9.17) is 5.11 Å². The molecule has 0 radical (unpaired) electrons. The number of halogens is 3. The van der Waals surface area contributed by atoms with Gasteiger partial charge in [0.25, 0.3) is 0 Å². The van der Waals surface area contributed by atoms with Gasteiger partial charge in [0.15, 0.2) is 0 Å². The third-order valence-electron chi connectivity index (χ3n) is 4.06. The molecule has 0 spiro atoms. The molecular weight excluding hydrogens is 309 g/mol. The zero-order chi connectivity index (χ0) is 16.9. The van der Waals surface area contributed by atoms with E-state index in [1.165, 1.54) is 18.2 Å². The Morgan fingerprint density at radius 2 is 2.04 bits per heavy atom. The lowest BCUT2D eigenvalue weighted by molar-refractivity contribution is -0.137. The highest BCUT2D eigenvalue weighted by Crippen LogP contribution is 2.34. The van der Waals surface area contributed by atoms with E-state index in [9.17, 15) is 18.0 Å². The van der Waals surface area contributed by atoms with Crippen LogP contribution < -0.4 is 5.32 Å². The molecule has 1 amide bonds. The van der Waals surface area contributed by atoms with Gasteiger partial charge in [-0.3, -0.25) is 9.69 Å². The molecule has 1 unspecified atom stereocenters. The van der Waals surface area contributed by atoms with Crippen LogP contribution in [0.15, 0.2) is 24.3 Å². The van der Waals surface area contributed by atoms with Crippen LogP contribution in [0.5, 0.6) is 0 Å². The Kier molecular flexibility index (Phi) is 6.01. The molecule has 1 saturated heterocycles. The zero-order valence-electron chi connectivity index (χ0n) is 12.8. The van der Waals surface area contributed by atoms with Gasteiger partial charge in [0.05, 0.1) is 17.8 Å². The molecular formula is C16H21F3N2O2. The fourth-order valence-electron chi connectivity index (χ4n) is 2.96. The molecule has 7 heteroatoms. The van der Waals surface area contributed by atoms with Gasteiger partial charge in [0.2, 0.25) is 5.91 Å². The summed E-state index contributed by atoms with van der Waals surface area (Å²) in [5.74, 6) is -0.466. The van der Waals surface area contributed by atoms with Gasteiger partial charge in [-0.05, 0) is 37.9 Å². The number of carbonyl (C=O) groups is 1. The summed E-state index contributed by atoms with van der Waals surface area (Å²) in [6, 6.07) is 5.06. The number of hydrogen-bond acceptors (Lipinski definition) is 3. The first-order chi connectivity index (χ1) is 10.9. The fourth-order valence-corrected chi connectivity index (χ4v) is 2.96. The maximum absolute atomic E-state index is 12.9. The van der Waals surface area contributed by atoms with Crippen molar-refractivity contribution >= 4 is 11.6 Å². The maximum Gasteiger partial charge on any atom is 0.418 e. The van der Waals surface area contributed by atoms with Crippen LogP contribution in [0.4, 0.5) is 18.9 Å². The van der Waals surface area contributed by atoms with Crippen LogP contribution in [0.1, 0.15) is 31.2 Å². The first kappa shape index (κ1) is 17.7. The lowest BCUT2D eigenvalue weighted by Gasteiger charge is -2.34. The molecule has 128 valence electrons. The molecule has 1 aliphatic heterocycles. The van der Waals surface area contributed by atoms with Crippen LogP contribution in [0, 0.1) is 0 Å². The van der Waals surface area contributed by atoms with Crippen molar-refractivity contribution in [3.63, 3.8) is 0 Å². The van der Waals surface area contributed by atoms with Gasteiger partial charge >= 0.3 is 6.18 Å². The number of para-hydroxylation sites is 1. The first-order valence-corrected chi connectivity index (χ1v) is 7.73. The van der Waals surface area contributed by atoms with Crippen molar-refractivity contribution < 1.29 is 23.1 Å². The second-order valence-corrected chi connectivity index (χ2v) is 5.72. The van der Waals surface area contributed by atoms with Crippen molar-refractivity contribution in [2.24, 2.45) is 0 Å². The third-order valence-corrected chi connectivity index (χ3v) is 4.06. The molecule has 1 aromatic carbocycles. The Bertz CT molecular complexity index is 532. The molecule has 1 aliphatic rings. The SMILES string of the molecule is O=C(CN1CCCCC1CCO)Nc1ccccc1C(F)(F)F. The largest absolute Gasteiger partial charge is 0.418 e. The molecule has 2 N–H and O–H groups in total. The Labute approximate surface area is 133 Å². The minimum absolute atomic E-state index is 0.0385. The summed E-state index contributed by atoms with van der Waals surface area (Å²) >= 11 is 0. The highest BCUT2D eigenvalue weighted by Gasteiger charge is 2.33. The molecule has 1 fully saturated rings. The monoisotopic (exact) mass is 330 g/mol. The van der Waals surface area contributed by atoms with Crippen molar-refractivity contribution in [2.45, 2.75) is 37.9 Å². The lowest BCUT2D eigenvalue weighted by atomic mass is 9.99. The lowest BCUT2D eigenvalue weighted by Crippen LogP contribution is -2.44. The summed E-state index contributed by atoms with van der Waals surface area (Å²) in [5.41, 5.74) is -1.07. The minimum Gasteiger partial charge on any atom is -0.396 e. The number of alkyl halides is 3. The van der Waals surface area contributed by atoms with Gasteiger partial charge in [0.1, 0.15) is 0 Å². The Morgan fingerprint density at radius 1 is 1.30 bits per heavy atom. The number of benzene rings is 1. The fraction of sp³-hybridized carbons (Fsp3) is 0.562. The van der Waals surface area contributed by atoms with E-state index in [0.717, 1.165) is 31.9 Å². The summed E-state index contributed by atoms with van der Waals surface area (Å²) < 4.78 is 38.8. The van der Waals surface area contributed by atoms with Crippen molar-refractivity contribution in [3.05, 3.63) is 29.8 Å². The second-order valence-electron chi connectivity index (χ2n) is 5.72. The molecule has 1 heterocycles. The highest BCUT2D eigenvalue weighted by molar-refractivity contribution is 5.93. The van der Waals surface area contributed by atoms with Crippen molar-refractivity contribution in [1.82, 2.24) is 4.90 Å². The predicted molar refractivity (Wildman–Crippen MR) is 81.0 cm³/mol. The summed E-state index contributed by atoms with van der Waals surface area (Å²) in [6.45, 7) is 0.801. The van der Waals surface area contributed by atoms with Crippen molar-refractivity contribution in [1.29, 1.82) is 0 Å². The number of rotatable bonds is 5. The van der Waals surface area contributed by atoms with Gasteiger partial charge in [-0.2, -0.15) is 13.2 Å². The number of likely N-dealkylation sites (tertiary alicyclic amines) is 1. The van der Waals surface area contributed by atoms with Gasteiger partial charge in [-0.25, -0.2) is 0 Å². The average molecular weight is 330 g/mol. The van der Waals surface area contributed by atoms with E-state index in [2.05, 4.69) is 5.32 Å². The molecule has 0 aliphatic carbocycles. The van der Waals surface area contributed by atoms with Crippen LogP contribution in [0.25, 0.3) is 0 Å². The van der Waals surface area contributed by atoms with Gasteiger partial charge in [-0.1, -0.05) is 18.6 Å². The molecule has 4 nitrogen and oxygen atoms in total. The Balaban J connectivity index is 2.02. The quantitative estimate of drug-likeness (QED) is 0.873. The van der Waals surface area contributed by atoms with E-state index in [1.807, 2.05) is 4.90 Å². The van der Waals surface area contributed by atoms with E-state index < -0.39 is 17.6 Å². The summed E-state index contributed by atoms with van der Waals surface area (Å²) in [4.78, 5) is 14.1. The number of aliphatic hydroxyl groups is 1. The molecule has 1 aromatic rings. The van der Waals surface area contributed by atoms with Gasteiger partial charge in [-0.15, -0.1) is 0 Å². The van der Waals surface area contributed by atoms with Crippen LogP contribution in [0.2, 0.25) is 0 Å². The molecule has 1 atom stereocenters. The summed E-state index contributed by atoms with van der Waals surface area (Å²) in [7, 11) is 0. The van der Waals surface area contributed by atoms with Crippen molar-refractivity contribution in [2.75, 3.05) is 25.0 Å². The summed E-state index contributed by atoms with van der Waals surface area (Å²) in [6.07, 6.45) is -1.04. The van der Waals surface area contributed by atoms with E-state index in [1.54, 1.807) is 0 Å². The van der Waals surface area contributed by atoms with Crippen LogP contribution in [0.3, 0.4) is 0 Å². The topological polar surface area (TPSA) is 52.6 Å². The second kappa shape index (κ2) is 7.79. The number of nitrogens with one attached hydrogen (secondary N) is 1. The number of hydrogen-bond donors (Lipinski definition) is 2. The van der Waals surface area contributed by atoms with E-state index in [0.29, 0.717) is 6.42 Å². The number of nitrogens with zero attached hydrogens (tertiary/aromatic N) is 1. The first-order valence-electron chi connectivity index (χ1n) is 7.73. The highest BCUT2D eigenvalue weighted by atomic mass is 19.4. The van der Waals surface area contributed by atoms with E-state index in [-0.39, 0.29) is 24.9 Å².